The number of esters is 1. The Kier molecular flexibility index (Phi) is 9.82. The number of ether oxygens (including phenoxy) is 1. The number of nitrogens with one attached hydrogen (secondary N) is 1. The molecule has 35 heavy (non-hydrogen) atoms. The lowest BCUT2D eigenvalue weighted by molar-refractivity contribution is -0.905. The Bertz CT molecular complexity index is 1030. The number of halogens is 1. The summed E-state index contributed by atoms with van der Waals surface area (Å²) in [5.41, 5.74) is 2.54. The molecule has 1 saturated heterocycles. The maximum atomic E-state index is 13.4. The first-order valence-corrected chi connectivity index (χ1v) is 12.3. The fourth-order valence-corrected chi connectivity index (χ4v) is 5.22. The van der Waals surface area contributed by atoms with Gasteiger partial charge in [-0.25, -0.2) is 0 Å². The van der Waals surface area contributed by atoms with Crippen LogP contribution in [0.3, 0.4) is 0 Å². The van der Waals surface area contributed by atoms with Gasteiger partial charge in [-0.2, -0.15) is 0 Å². The summed E-state index contributed by atoms with van der Waals surface area (Å²) in [5, 5.41) is 0. The van der Waals surface area contributed by atoms with Crippen molar-refractivity contribution in [3.05, 3.63) is 108 Å². The van der Waals surface area contributed by atoms with Crippen molar-refractivity contribution in [3.63, 3.8) is 0 Å². The van der Waals surface area contributed by atoms with Crippen LogP contribution < -0.4 is 21.9 Å². The number of rotatable bonds is 9. The van der Waals surface area contributed by atoms with Crippen molar-refractivity contribution in [2.24, 2.45) is 0 Å². The number of piperidine rings is 1. The van der Waals surface area contributed by atoms with Gasteiger partial charge in [0.05, 0.1) is 38.6 Å². The Morgan fingerprint density at radius 2 is 1.31 bits per heavy atom. The summed E-state index contributed by atoms with van der Waals surface area (Å²) in [6, 6.07) is 30.1. The van der Waals surface area contributed by atoms with Gasteiger partial charge in [-0.05, 0) is 23.6 Å². The molecule has 3 aromatic rings. The van der Waals surface area contributed by atoms with E-state index in [-0.39, 0.29) is 34.7 Å². The smallest absolute Gasteiger partial charge is 0.317 e. The lowest BCUT2D eigenvalue weighted by atomic mass is 9.72. The summed E-state index contributed by atoms with van der Waals surface area (Å²) in [6.07, 6.45) is 1.99. The second-order valence-electron chi connectivity index (χ2n) is 9.14. The summed E-state index contributed by atoms with van der Waals surface area (Å²) < 4.78 is 5.50. The number of carbonyl (C=O) groups is 2. The number of likely N-dealkylation sites (tertiary alicyclic amines) is 1. The highest BCUT2D eigenvalue weighted by Gasteiger charge is 2.46. The van der Waals surface area contributed by atoms with Crippen LogP contribution in [0.15, 0.2) is 91.0 Å². The van der Waals surface area contributed by atoms with E-state index in [1.165, 1.54) is 4.90 Å². The molecule has 0 aromatic heterocycles. The molecule has 0 bridgehead atoms. The Morgan fingerprint density at radius 3 is 1.80 bits per heavy atom. The molecule has 0 spiro atoms. The van der Waals surface area contributed by atoms with Crippen molar-refractivity contribution in [2.45, 2.75) is 37.5 Å². The van der Waals surface area contributed by atoms with E-state index in [0.29, 0.717) is 13.0 Å². The molecule has 4 rings (SSSR count). The zero-order chi connectivity index (χ0) is 23.8. The van der Waals surface area contributed by atoms with Crippen molar-refractivity contribution in [1.82, 2.24) is 0 Å². The predicted molar refractivity (Wildman–Crippen MR) is 134 cm³/mol. The minimum Gasteiger partial charge on any atom is -1.00 e. The highest BCUT2D eigenvalue weighted by molar-refractivity contribution is 5.89. The number of Topliss-reactive ketones (excluding diaryl/α,β-unsaturated/α-hetero) is 1. The third-order valence-electron chi connectivity index (χ3n) is 7.12. The number of hydrogen-bond acceptors (Lipinski definition) is 3. The predicted octanol–water partition coefficient (Wildman–Crippen LogP) is 0.962. The maximum Gasteiger partial charge on any atom is 0.317 e. The molecular weight excluding hydrogens is 502 g/mol. The second kappa shape index (κ2) is 12.8. The molecule has 4 nitrogen and oxygen atoms in total. The lowest BCUT2D eigenvalue weighted by Gasteiger charge is -2.38. The average Bonchev–Trinajstić information content (AvgIpc) is 2.90. The van der Waals surface area contributed by atoms with Gasteiger partial charge in [-0.3, -0.25) is 9.59 Å². The van der Waals surface area contributed by atoms with E-state index in [4.69, 9.17) is 4.74 Å². The van der Waals surface area contributed by atoms with Gasteiger partial charge in [-0.15, -0.1) is 0 Å². The molecule has 184 valence electrons. The van der Waals surface area contributed by atoms with E-state index in [0.717, 1.165) is 49.2 Å². The van der Waals surface area contributed by atoms with Crippen LogP contribution in [0.25, 0.3) is 0 Å². The summed E-state index contributed by atoms with van der Waals surface area (Å²) in [7, 11) is 0. The van der Waals surface area contributed by atoms with Gasteiger partial charge in [0.25, 0.3) is 0 Å². The van der Waals surface area contributed by atoms with Crippen LogP contribution in [0, 0.1) is 0 Å². The molecule has 0 atom stereocenters. The van der Waals surface area contributed by atoms with Gasteiger partial charge >= 0.3 is 5.97 Å². The third kappa shape index (κ3) is 6.28. The molecule has 0 amide bonds. The molecule has 1 aliphatic heterocycles. The van der Waals surface area contributed by atoms with Gasteiger partial charge in [-0.1, -0.05) is 91.0 Å². The van der Waals surface area contributed by atoms with Crippen LogP contribution in [-0.2, 0) is 19.7 Å². The van der Waals surface area contributed by atoms with E-state index in [1.807, 2.05) is 97.9 Å². The number of benzene rings is 3. The molecule has 0 unspecified atom stereocenters. The minimum absolute atomic E-state index is 0. The number of hydrogen-bond donors (Lipinski definition) is 1. The molecule has 1 N–H and O–H groups in total. The molecule has 1 heterocycles. The Labute approximate surface area is 219 Å². The minimum atomic E-state index is -0.582. The highest BCUT2D eigenvalue weighted by Crippen LogP contribution is 2.34. The quantitative estimate of drug-likeness (QED) is 0.415. The van der Waals surface area contributed by atoms with Crippen molar-refractivity contribution in [1.29, 1.82) is 0 Å². The topological polar surface area (TPSA) is 47.8 Å². The fraction of sp³-hybridized carbons (Fsp3) is 0.333. The molecule has 0 saturated carbocycles. The largest absolute Gasteiger partial charge is 1.00 e. The average molecular weight is 537 g/mol. The molecule has 1 aliphatic rings. The summed E-state index contributed by atoms with van der Waals surface area (Å²) in [6.45, 7) is 4.73. The van der Waals surface area contributed by atoms with Gasteiger partial charge in [0, 0.05) is 12.8 Å². The molecule has 0 radical (unpaired) electrons. The summed E-state index contributed by atoms with van der Waals surface area (Å²) in [4.78, 5) is 27.8. The summed E-state index contributed by atoms with van der Waals surface area (Å²) in [5.74, 6) is -0.116. The van der Waals surface area contributed by atoms with Crippen LogP contribution in [-0.4, -0.2) is 38.0 Å². The van der Waals surface area contributed by atoms with Crippen LogP contribution in [0.4, 0.5) is 0 Å². The fourth-order valence-electron chi connectivity index (χ4n) is 5.22. The highest BCUT2D eigenvalue weighted by atomic mass is 79.9. The first-order valence-electron chi connectivity index (χ1n) is 12.3. The van der Waals surface area contributed by atoms with E-state index in [2.05, 4.69) is 0 Å². The van der Waals surface area contributed by atoms with Crippen molar-refractivity contribution in [3.8, 4) is 0 Å². The Balaban J connectivity index is 0.00000342. The van der Waals surface area contributed by atoms with Crippen LogP contribution in [0.1, 0.15) is 48.8 Å². The van der Waals surface area contributed by atoms with Crippen LogP contribution in [0.5, 0.6) is 0 Å². The molecule has 5 heteroatoms. The molecule has 0 aliphatic carbocycles. The first-order chi connectivity index (χ1) is 16.6. The van der Waals surface area contributed by atoms with E-state index >= 15 is 0 Å². The van der Waals surface area contributed by atoms with Gasteiger partial charge in [0.2, 0.25) is 0 Å². The third-order valence-corrected chi connectivity index (χ3v) is 7.12. The van der Waals surface area contributed by atoms with E-state index in [9.17, 15) is 9.59 Å². The Hall–Kier alpha value is -2.76. The lowest BCUT2D eigenvalue weighted by Crippen LogP contribution is -3.13. The normalized spacial score (nSPS) is 19.5. The van der Waals surface area contributed by atoms with E-state index < -0.39 is 5.41 Å². The first kappa shape index (κ1) is 26.8. The van der Waals surface area contributed by atoms with Gasteiger partial charge in [0.1, 0.15) is 11.2 Å². The van der Waals surface area contributed by atoms with Gasteiger partial charge in [0.15, 0.2) is 0 Å². The van der Waals surface area contributed by atoms with Crippen LogP contribution >= 0.6 is 0 Å². The van der Waals surface area contributed by atoms with Gasteiger partial charge < -0.3 is 26.6 Å². The Morgan fingerprint density at radius 1 is 0.829 bits per heavy atom. The molecular formula is C30H34BrNO3. The number of quaternary nitrogens is 1. The molecule has 1 fully saturated rings. The number of ketones is 1. The zero-order valence-corrected chi connectivity index (χ0v) is 21.9. The molecule has 3 aromatic carbocycles. The summed E-state index contributed by atoms with van der Waals surface area (Å²) >= 11 is 0. The van der Waals surface area contributed by atoms with E-state index in [1.54, 1.807) is 0 Å². The monoisotopic (exact) mass is 535 g/mol. The SMILES string of the molecule is CCOC(=O)C1(c2ccccc2)CC[NH+](CCC(=O)C(c2ccccc2)c2ccccc2)CC1.[Br-]. The van der Waals surface area contributed by atoms with Crippen molar-refractivity contribution >= 4 is 11.8 Å². The van der Waals surface area contributed by atoms with Crippen molar-refractivity contribution < 1.29 is 36.2 Å². The van der Waals surface area contributed by atoms with Crippen LogP contribution in [0.2, 0.25) is 0 Å². The zero-order valence-electron chi connectivity index (χ0n) is 20.3. The van der Waals surface area contributed by atoms with Crippen molar-refractivity contribution in [2.75, 3.05) is 26.2 Å². The number of carbonyl (C=O) groups excluding carboxylic acids is 2. The second-order valence-corrected chi connectivity index (χ2v) is 9.14. The maximum absolute atomic E-state index is 13.4. The standard InChI is InChI=1S/C30H33NO3.BrH/c1-2-34-29(33)30(26-16-10-5-11-17-26)19-22-31(23-20-30)21-18-27(32)28(24-12-6-3-7-13-24)25-14-8-4-9-15-25;/h3-17,28H,2,18-23H2,1H3;1H.